The lowest BCUT2D eigenvalue weighted by Gasteiger charge is -2.32. The second-order valence-electron chi connectivity index (χ2n) is 5.79. The lowest BCUT2D eigenvalue weighted by Crippen LogP contribution is -2.50. The predicted octanol–water partition coefficient (Wildman–Crippen LogP) is 5.14. The molecular weight excluding hydrogens is 416 g/mol. The van der Waals surface area contributed by atoms with Gasteiger partial charge in [0.05, 0.1) is 10.7 Å². The maximum Gasteiger partial charge on any atom is 0.243 e. The molecule has 1 atom stereocenters. The van der Waals surface area contributed by atoms with Crippen molar-refractivity contribution in [3.05, 3.63) is 27.7 Å². The number of hydrogen-bond acceptors (Lipinski definition) is 3. The van der Waals surface area contributed by atoms with Gasteiger partial charge in [0.25, 0.3) is 0 Å². The predicted molar refractivity (Wildman–Crippen MR) is 119 cm³/mol. The van der Waals surface area contributed by atoms with E-state index in [9.17, 15) is 4.79 Å². The number of carbonyl (C=O) groups is 1. The van der Waals surface area contributed by atoms with Crippen LogP contribution >= 0.6 is 48.0 Å². The summed E-state index contributed by atoms with van der Waals surface area (Å²) in [6.07, 6.45) is 0. The molecule has 26 heavy (non-hydrogen) atoms. The fourth-order valence-corrected chi connectivity index (χ4v) is 3.46. The number of likely N-dealkylation sites (N-methyl/N-ethyl adjacent to an activating group) is 2. The summed E-state index contributed by atoms with van der Waals surface area (Å²) in [6, 6.07) is 3.24. The molecule has 0 bridgehead atoms. The first-order chi connectivity index (χ1) is 11.4. The number of amides is 1. The third-order valence-corrected chi connectivity index (χ3v) is 4.90. The van der Waals surface area contributed by atoms with Crippen LogP contribution in [0, 0.1) is 6.92 Å². The summed E-state index contributed by atoms with van der Waals surface area (Å²) >= 11 is 12.3. The topological polar surface area (TPSA) is 35.6 Å². The van der Waals surface area contributed by atoms with Crippen LogP contribution in [0.1, 0.15) is 33.3 Å². The molecule has 1 rings (SSSR count). The van der Waals surface area contributed by atoms with Gasteiger partial charge in [0, 0.05) is 11.6 Å². The molecule has 0 aromatic heterocycles. The normalized spacial score (nSPS) is 11.7. The van der Waals surface area contributed by atoms with E-state index in [4.69, 9.17) is 23.2 Å². The summed E-state index contributed by atoms with van der Waals surface area (Å²) in [6.45, 7) is 14.5. The maximum atomic E-state index is 13.0. The summed E-state index contributed by atoms with van der Waals surface area (Å²) in [7, 11) is 0. The first kappa shape index (κ1) is 28.0. The number of carbonyl (C=O) groups excluding carboxylic acids is 1. The van der Waals surface area contributed by atoms with Crippen molar-refractivity contribution in [2.24, 2.45) is 0 Å². The second-order valence-corrected chi connectivity index (χ2v) is 6.64. The van der Waals surface area contributed by atoms with Gasteiger partial charge in [-0.2, -0.15) is 0 Å². The number of benzene rings is 1. The lowest BCUT2D eigenvalue weighted by molar-refractivity contribution is -0.121. The van der Waals surface area contributed by atoms with Crippen molar-refractivity contribution in [3.8, 4) is 0 Å². The van der Waals surface area contributed by atoms with Gasteiger partial charge in [0.2, 0.25) is 5.91 Å². The van der Waals surface area contributed by atoms with E-state index in [1.807, 2.05) is 6.92 Å². The zero-order valence-corrected chi connectivity index (χ0v) is 19.3. The van der Waals surface area contributed by atoms with E-state index in [0.29, 0.717) is 22.3 Å². The molecule has 0 heterocycles. The smallest absolute Gasteiger partial charge is 0.243 e. The summed E-state index contributed by atoms with van der Waals surface area (Å²) in [5.41, 5.74) is 1.50. The van der Waals surface area contributed by atoms with Gasteiger partial charge in [-0.3, -0.25) is 9.69 Å². The molecule has 1 amide bonds. The van der Waals surface area contributed by atoms with Crippen LogP contribution in [0.3, 0.4) is 0 Å². The average Bonchev–Trinajstić information content (AvgIpc) is 2.54. The van der Waals surface area contributed by atoms with Crippen LogP contribution in [0.4, 0.5) is 5.69 Å². The van der Waals surface area contributed by atoms with Crippen LogP contribution in [0.5, 0.6) is 0 Å². The molecule has 1 aromatic carbocycles. The highest BCUT2D eigenvalue weighted by molar-refractivity contribution is 6.37. The van der Waals surface area contributed by atoms with Crippen molar-refractivity contribution in [1.82, 2.24) is 9.80 Å². The molecule has 152 valence electrons. The number of halogens is 4. The quantitative estimate of drug-likeness (QED) is 0.570. The first-order valence-corrected chi connectivity index (χ1v) is 9.36. The number of anilines is 1. The van der Waals surface area contributed by atoms with Crippen LogP contribution < -0.4 is 5.32 Å². The highest BCUT2D eigenvalue weighted by Gasteiger charge is 2.26. The largest absolute Gasteiger partial charge is 0.323 e. The third-order valence-electron chi connectivity index (χ3n) is 4.38. The van der Waals surface area contributed by atoms with Crippen molar-refractivity contribution in [2.75, 3.05) is 38.0 Å². The van der Waals surface area contributed by atoms with Crippen molar-refractivity contribution in [3.63, 3.8) is 0 Å². The van der Waals surface area contributed by atoms with Crippen molar-refractivity contribution >= 4 is 59.6 Å². The molecule has 0 aliphatic carbocycles. The minimum Gasteiger partial charge on any atom is -0.323 e. The van der Waals surface area contributed by atoms with Gasteiger partial charge in [-0.25, -0.2) is 0 Å². The molecule has 4 nitrogen and oxygen atoms in total. The third kappa shape index (κ3) is 7.79. The second kappa shape index (κ2) is 13.9. The molecule has 0 saturated carbocycles. The molecule has 1 N–H and O–H groups in total. The molecule has 0 aliphatic heterocycles. The summed E-state index contributed by atoms with van der Waals surface area (Å²) in [4.78, 5) is 17.4. The van der Waals surface area contributed by atoms with Crippen LogP contribution in [0.15, 0.2) is 12.1 Å². The zero-order chi connectivity index (χ0) is 18.3. The Morgan fingerprint density at radius 2 is 1.58 bits per heavy atom. The highest BCUT2D eigenvalue weighted by atomic mass is 35.5. The van der Waals surface area contributed by atoms with Gasteiger partial charge in [-0.05, 0) is 50.8 Å². The number of nitrogens with one attached hydrogen (secondary N) is 1. The van der Waals surface area contributed by atoms with Crippen LogP contribution in [0.2, 0.25) is 10.0 Å². The molecule has 0 radical (unpaired) electrons. The molecular formula is C18H31Cl4N3O. The van der Waals surface area contributed by atoms with E-state index in [1.165, 1.54) is 0 Å². The van der Waals surface area contributed by atoms with E-state index < -0.39 is 0 Å². The average molecular weight is 447 g/mol. The number of hydrogen-bond donors (Lipinski definition) is 1. The number of nitrogens with zero attached hydrogens (tertiary/aromatic N) is 2. The van der Waals surface area contributed by atoms with E-state index in [2.05, 4.69) is 42.8 Å². The fourth-order valence-electron chi connectivity index (χ4n) is 2.82. The van der Waals surface area contributed by atoms with Gasteiger partial charge in [-0.15, -0.1) is 24.8 Å². The van der Waals surface area contributed by atoms with Gasteiger partial charge >= 0.3 is 0 Å². The lowest BCUT2D eigenvalue weighted by atomic mass is 10.1. The first-order valence-electron chi connectivity index (χ1n) is 8.60. The zero-order valence-electron chi connectivity index (χ0n) is 16.1. The van der Waals surface area contributed by atoms with Crippen molar-refractivity contribution < 1.29 is 4.79 Å². The minimum absolute atomic E-state index is 0. The Kier molecular flexibility index (Phi) is 14.9. The van der Waals surface area contributed by atoms with Crippen molar-refractivity contribution in [1.29, 1.82) is 0 Å². The Balaban J connectivity index is 0. The van der Waals surface area contributed by atoms with Crippen LogP contribution in [-0.4, -0.2) is 54.5 Å². The Morgan fingerprint density at radius 1 is 1.04 bits per heavy atom. The minimum atomic E-state index is -0.217. The van der Waals surface area contributed by atoms with Crippen molar-refractivity contribution in [2.45, 2.75) is 40.7 Å². The van der Waals surface area contributed by atoms with Crippen LogP contribution in [0.25, 0.3) is 0 Å². The standard InChI is InChI=1S/C18H29Cl2N3O.2ClH/c1-6-22(7-2)12-16(23(8-3)9-4)18(24)21-17-13(5)10-14(19)11-15(17)20;;/h10-11,16H,6-9,12H2,1-5H3,(H,21,24);2*1H. The Bertz CT molecular complexity index is 526. The summed E-state index contributed by atoms with van der Waals surface area (Å²) < 4.78 is 0. The molecule has 0 fully saturated rings. The SMILES string of the molecule is CCN(CC)CC(C(=O)Nc1c(C)cc(Cl)cc1Cl)N(CC)CC.Cl.Cl. The molecule has 1 aromatic rings. The number of aryl methyl sites for hydroxylation is 1. The molecule has 0 saturated heterocycles. The van der Waals surface area contributed by atoms with E-state index >= 15 is 0 Å². The molecule has 0 aliphatic rings. The van der Waals surface area contributed by atoms with Gasteiger partial charge in [0.1, 0.15) is 6.04 Å². The molecule has 1 unspecified atom stereocenters. The Morgan fingerprint density at radius 3 is 2.00 bits per heavy atom. The monoisotopic (exact) mass is 445 g/mol. The Labute approximate surface area is 180 Å². The maximum absolute atomic E-state index is 13.0. The Hall–Kier alpha value is -0.230. The van der Waals surface area contributed by atoms with E-state index in [-0.39, 0.29) is 36.8 Å². The van der Waals surface area contributed by atoms with Gasteiger partial charge < -0.3 is 10.2 Å². The van der Waals surface area contributed by atoms with E-state index in [1.54, 1.807) is 12.1 Å². The molecule has 0 spiro atoms. The highest BCUT2D eigenvalue weighted by Crippen LogP contribution is 2.30. The fraction of sp³-hybridized carbons (Fsp3) is 0.611. The number of rotatable bonds is 9. The van der Waals surface area contributed by atoms with E-state index in [0.717, 1.165) is 31.7 Å². The molecule has 8 heteroatoms. The van der Waals surface area contributed by atoms with Gasteiger partial charge in [-0.1, -0.05) is 50.9 Å². The summed E-state index contributed by atoms with van der Waals surface area (Å²) in [5, 5.41) is 4.05. The van der Waals surface area contributed by atoms with Gasteiger partial charge in [0.15, 0.2) is 0 Å². The van der Waals surface area contributed by atoms with Crippen LogP contribution in [-0.2, 0) is 4.79 Å². The summed E-state index contributed by atoms with van der Waals surface area (Å²) in [5.74, 6) is -0.0297.